The molecule has 0 aliphatic rings. The third kappa shape index (κ3) is 2.95. The van der Waals surface area contributed by atoms with Crippen molar-refractivity contribution in [2.45, 2.75) is 26.4 Å². The lowest BCUT2D eigenvalue weighted by Gasteiger charge is -2.12. The quantitative estimate of drug-likeness (QED) is 0.719. The van der Waals surface area contributed by atoms with E-state index in [2.05, 4.69) is 74.1 Å². The molecule has 1 heterocycles. The molecule has 21 heavy (non-hydrogen) atoms. The minimum Gasteiger partial charge on any atom is -0.379 e. The van der Waals surface area contributed by atoms with Gasteiger partial charge in [0.05, 0.1) is 18.6 Å². The number of hydrogen-bond acceptors (Lipinski definition) is 2. The first-order valence-corrected chi connectivity index (χ1v) is 7.99. The monoisotopic (exact) mass is 343 g/mol. The van der Waals surface area contributed by atoms with E-state index in [1.807, 2.05) is 12.5 Å². The second-order valence-corrected chi connectivity index (χ2v) is 5.93. The number of benzene rings is 2. The van der Waals surface area contributed by atoms with Gasteiger partial charge in [-0.05, 0) is 23.9 Å². The number of anilines is 1. The molecule has 108 valence electrons. The number of aromatic nitrogens is 2. The Kier molecular flexibility index (Phi) is 4.25. The zero-order chi connectivity index (χ0) is 14.7. The van der Waals surface area contributed by atoms with Gasteiger partial charge in [-0.2, -0.15) is 0 Å². The van der Waals surface area contributed by atoms with Crippen LogP contribution in [0.3, 0.4) is 0 Å². The number of nitrogens with zero attached hydrogens (tertiary/aromatic N) is 2. The highest BCUT2D eigenvalue weighted by atomic mass is 79.9. The van der Waals surface area contributed by atoms with Crippen molar-refractivity contribution in [3.05, 3.63) is 59.1 Å². The Labute approximate surface area is 133 Å². The molecule has 4 heteroatoms. The van der Waals surface area contributed by atoms with Crippen molar-refractivity contribution in [3.8, 4) is 0 Å². The first kappa shape index (κ1) is 14.1. The van der Waals surface area contributed by atoms with Crippen LogP contribution in [-0.4, -0.2) is 9.55 Å². The van der Waals surface area contributed by atoms with E-state index in [9.17, 15) is 0 Å². The van der Waals surface area contributed by atoms with E-state index in [1.165, 1.54) is 16.5 Å². The lowest BCUT2D eigenvalue weighted by atomic mass is 10.1. The summed E-state index contributed by atoms with van der Waals surface area (Å²) in [7, 11) is 0. The summed E-state index contributed by atoms with van der Waals surface area (Å²) < 4.78 is 3.33. The first-order valence-electron chi connectivity index (χ1n) is 7.19. The normalized spacial score (nSPS) is 11.0. The Morgan fingerprint density at radius 2 is 1.95 bits per heavy atom. The van der Waals surface area contributed by atoms with Crippen LogP contribution in [0.5, 0.6) is 0 Å². The number of hydrogen-bond donors (Lipinski definition) is 1. The Morgan fingerprint density at radius 3 is 2.76 bits per heavy atom. The van der Waals surface area contributed by atoms with Crippen molar-refractivity contribution in [3.63, 3.8) is 0 Å². The molecular formula is C17H18BrN3. The van der Waals surface area contributed by atoms with Gasteiger partial charge in [-0.1, -0.05) is 47.1 Å². The molecule has 0 saturated heterocycles. The van der Waals surface area contributed by atoms with E-state index in [0.717, 1.165) is 29.7 Å². The van der Waals surface area contributed by atoms with Gasteiger partial charge in [0.25, 0.3) is 0 Å². The molecule has 0 unspecified atom stereocenters. The highest BCUT2D eigenvalue weighted by Crippen LogP contribution is 2.30. The molecule has 0 radical (unpaired) electrons. The molecule has 0 amide bonds. The van der Waals surface area contributed by atoms with Crippen molar-refractivity contribution in [2.75, 3.05) is 5.32 Å². The number of fused-ring (bicyclic) bond motifs is 1. The van der Waals surface area contributed by atoms with Crippen molar-refractivity contribution >= 4 is 32.4 Å². The first-order chi connectivity index (χ1) is 10.3. The summed E-state index contributed by atoms with van der Waals surface area (Å²) in [6, 6.07) is 12.6. The van der Waals surface area contributed by atoms with Crippen LogP contribution >= 0.6 is 15.9 Å². The van der Waals surface area contributed by atoms with E-state index in [1.54, 1.807) is 0 Å². The molecule has 0 spiro atoms. The summed E-state index contributed by atoms with van der Waals surface area (Å²) in [6.07, 6.45) is 4.95. The zero-order valence-corrected chi connectivity index (χ0v) is 13.6. The van der Waals surface area contributed by atoms with E-state index < -0.39 is 0 Å². The van der Waals surface area contributed by atoms with E-state index in [-0.39, 0.29) is 0 Å². The third-order valence-electron chi connectivity index (χ3n) is 3.59. The van der Waals surface area contributed by atoms with Crippen LogP contribution in [0.15, 0.2) is 53.4 Å². The molecule has 0 bridgehead atoms. The van der Waals surface area contributed by atoms with Crippen LogP contribution in [0.4, 0.5) is 5.69 Å². The van der Waals surface area contributed by atoms with E-state index >= 15 is 0 Å². The van der Waals surface area contributed by atoms with Gasteiger partial charge < -0.3 is 9.88 Å². The third-order valence-corrected chi connectivity index (χ3v) is 4.29. The average molecular weight is 344 g/mol. The molecule has 0 aliphatic carbocycles. The summed E-state index contributed by atoms with van der Waals surface area (Å²) in [6.45, 7) is 3.98. The molecule has 1 N–H and O–H groups in total. The predicted molar refractivity (Wildman–Crippen MR) is 91.5 cm³/mol. The number of halogens is 1. The SMILES string of the molecule is CCCn1cncc1CNc1ccc(Br)c2ccccc12. The molecule has 0 aliphatic heterocycles. The standard InChI is InChI=1S/C17H18BrN3/c1-2-9-21-12-19-10-13(21)11-20-17-8-7-16(18)14-5-3-4-6-15(14)17/h3-8,10,12,20H,2,9,11H2,1H3. The van der Waals surface area contributed by atoms with Crippen LogP contribution in [-0.2, 0) is 13.1 Å². The fourth-order valence-electron chi connectivity index (χ4n) is 2.54. The van der Waals surface area contributed by atoms with Gasteiger partial charge in [-0.15, -0.1) is 0 Å². The van der Waals surface area contributed by atoms with Gasteiger partial charge in [0, 0.05) is 28.3 Å². The van der Waals surface area contributed by atoms with Crippen molar-refractivity contribution in [1.29, 1.82) is 0 Å². The molecule has 0 fully saturated rings. The van der Waals surface area contributed by atoms with E-state index in [0.29, 0.717) is 0 Å². The van der Waals surface area contributed by atoms with Crippen molar-refractivity contribution < 1.29 is 0 Å². The molecular weight excluding hydrogens is 326 g/mol. The van der Waals surface area contributed by atoms with Crippen LogP contribution in [0, 0.1) is 0 Å². The van der Waals surface area contributed by atoms with Crippen LogP contribution in [0.2, 0.25) is 0 Å². The number of aryl methyl sites for hydroxylation is 1. The van der Waals surface area contributed by atoms with Gasteiger partial charge in [0.2, 0.25) is 0 Å². The highest BCUT2D eigenvalue weighted by molar-refractivity contribution is 9.10. The van der Waals surface area contributed by atoms with Crippen LogP contribution in [0.25, 0.3) is 10.8 Å². The Hall–Kier alpha value is -1.81. The maximum atomic E-state index is 4.24. The van der Waals surface area contributed by atoms with Gasteiger partial charge in [0.15, 0.2) is 0 Å². The highest BCUT2D eigenvalue weighted by Gasteiger charge is 2.05. The maximum absolute atomic E-state index is 4.24. The van der Waals surface area contributed by atoms with E-state index in [4.69, 9.17) is 0 Å². The molecule has 3 rings (SSSR count). The Morgan fingerprint density at radius 1 is 1.14 bits per heavy atom. The summed E-state index contributed by atoms with van der Waals surface area (Å²) in [5.41, 5.74) is 2.36. The fourth-order valence-corrected chi connectivity index (χ4v) is 3.02. The number of nitrogens with one attached hydrogen (secondary N) is 1. The molecule has 1 aromatic heterocycles. The predicted octanol–water partition coefficient (Wildman–Crippen LogP) is 4.82. The molecule has 2 aromatic carbocycles. The number of imidazole rings is 1. The van der Waals surface area contributed by atoms with Crippen LogP contribution < -0.4 is 5.32 Å². The molecule has 3 aromatic rings. The van der Waals surface area contributed by atoms with Crippen LogP contribution in [0.1, 0.15) is 19.0 Å². The van der Waals surface area contributed by atoms with Gasteiger partial charge in [-0.25, -0.2) is 4.98 Å². The molecule has 0 saturated carbocycles. The molecule has 3 nitrogen and oxygen atoms in total. The van der Waals surface area contributed by atoms with Gasteiger partial charge >= 0.3 is 0 Å². The summed E-state index contributed by atoms with van der Waals surface area (Å²) in [4.78, 5) is 4.24. The summed E-state index contributed by atoms with van der Waals surface area (Å²) in [5, 5.41) is 5.99. The number of rotatable bonds is 5. The Balaban J connectivity index is 1.85. The summed E-state index contributed by atoms with van der Waals surface area (Å²) in [5.74, 6) is 0. The zero-order valence-electron chi connectivity index (χ0n) is 12.0. The average Bonchev–Trinajstić information content (AvgIpc) is 2.95. The smallest absolute Gasteiger partial charge is 0.0948 e. The van der Waals surface area contributed by atoms with Gasteiger partial charge in [-0.3, -0.25) is 0 Å². The largest absolute Gasteiger partial charge is 0.379 e. The van der Waals surface area contributed by atoms with Crippen molar-refractivity contribution in [1.82, 2.24) is 9.55 Å². The fraction of sp³-hybridized carbons (Fsp3) is 0.235. The second-order valence-electron chi connectivity index (χ2n) is 5.07. The Bertz CT molecular complexity index is 749. The molecule has 0 atom stereocenters. The minimum atomic E-state index is 0.783. The van der Waals surface area contributed by atoms with Gasteiger partial charge in [0.1, 0.15) is 0 Å². The van der Waals surface area contributed by atoms with Crippen molar-refractivity contribution in [2.24, 2.45) is 0 Å². The lowest BCUT2D eigenvalue weighted by molar-refractivity contribution is 0.651. The topological polar surface area (TPSA) is 29.9 Å². The lowest BCUT2D eigenvalue weighted by Crippen LogP contribution is -2.07. The maximum Gasteiger partial charge on any atom is 0.0948 e. The summed E-state index contributed by atoms with van der Waals surface area (Å²) >= 11 is 3.61. The second kappa shape index (κ2) is 6.31. The minimum absolute atomic E-state index is 0.783.